The predicted molar refractivity (Wildman–Crippen MR) is 70.1 cm³/mol. The molecule has 3 heteroatoms. The number of aromatic amines is 1. The molecule has 0 aliphatic heterocycles. The van der Waals surface area contributed by atoms with E-state index in [4.69, 9.17) is 10.7 Å². The molecule has 1 aliphatic rings. The van der Waals surface area contributed by atoms with Gasteiger partial charge in [0.1, 0.15) is 5.82 Å². The Bertz CT molecular complexity index is 517. The summed E-state index contributed by atoms with van der Waals surface area (Å²) in [4.78, 5) is 8.16. The maximum absolute atomic E-state index is 6.13. The number of hydrogen-bond donors (Lipinski definition) is 2. The molecule has 1 aliphatic carbocycles. The predicted octanol–water partition coefficient (Wildman–Crippen LogP) is 2.77. The molecule has 3 N–H and O–H groups in total. The van der Waals surface area contributed by atoms with Gasteiger partial charge in [-0.3, -0.25) is 0 Å². The quantitative estimate of drug-likeness (QED) is 0.790. The van der Waals surface area contributed by atoms with Crippen LogP contribution >= 0.6 is 0 Å². The SMILES string of the molecule is Cc1cc2nc(C3CCCC3N)[nH]c2cc1C. The van der Waals surface area contributed by atoms with Gasteiger partial charge >= 0.3 is 0 Å². The van der Waals surface area contributed by atoms with Crippen LogP contribution in [0.3, 0.4) is 0 Å². The summed E-state index contributed by atoms with van der Waals surface area (Å²) in [6, 6.07) is 4.62. The number of hydrogen-bond acceptors (Lipinski definition) is 2. The lowest BCUT2D eigenvalue weighted by Crippen LogP contribution is -2.23. The minimum Gasteiger partial charge on any atom is -0.342 e. The lowest BCUT2D eigenvalue weighted by molar-refractivity contribution is 0.588. The summed E-state index contributed by atoms with van der Waals surface area (Å²) in [5, 5.41) is 0. The van der Waals surface area contributed by atoms with E-state index < -0.39 is 0 Å². The van der Waals surface area contributed by atoms with E-state index in [1.165, 1.54) is 24.0 Å². The molecule has 17 heavy (non-hydrogen) atoms. The van der Waals surface area contributed by atoms with Gasteiger partial charge in [0.25, 0.3) is 0 Å². The summed E-state index contributed by atoms with van der Waals surface area (Å²) < 4.78 is 0. The Labute approximate surface area is 101 Å². The average molecular weight is 229 g/mol. The van der Waals surface area contributed by atoms with Crippen LogP contribution < -0.4 is 5.73 Å². The molecular weight excluding hydrogens is 210 g/mol. The van der Waals surface area contributed by atoms with Gasteiger partial charge in [0.15, 0.2) is 0 Å². The van der Waals surface area contributed by atoms with Crippen LogP contribution in [0.1, 0.15) is 42.1 Å². The van der Waals surface area contributed by atoms with Crippen LogP contribution in [0, 0.1) is 13.8 Å². The van der Waals surface area contributed by atoms with Gasteiger partial charge in [-0.25, -0.2) is 4.98 Å². The molecular formula is C14H19N3. The van der Waals surface area contributed by atoms with Gasteiger partial charge in [-0.05, 0) is 49.9 Å². The third kappa shape index (κ3) is 1.75. The van der Waals surface area contributed by atoms with Crippen molar-refractivity contribution in [3.8, 4) is 0 Å². The minimum atomic E-state index is 0.276. The van der Waals surface area contributed by atoms with Crippen LogP contribution in [0.25, 0.3) is 11.0 Å². The number of nitrogens with zero attached hydrogens (tertiary/aromatic N) is 1. The second-order valence-electron chi connectivity index (χ2n) is 5.28. The molecule has 1 heterocycles. The zero-order chi connectivity index (χ0) is 12.0. The second kappa shape index (κ2) is 3.84. The molecule has 1 saturated carbocycles. The summed E-state index contributed by atoms with van der Waals surface area (Å²) in [6.45, 7) is 4.26. The molecule has 0 radical (unpaired) electrons. The van der Waals surface area contributed by atoms with E-state index in [-0.39, 0.29) is 6.04 Å². The zero-order valence-corrected chi connectivity index (χ0v) is 10.5. The summed E-state index contributed by atoms with van der Waals surface area (Å²) in [6.07, 6.45) is 3.51. The van der Waals surface area contributed by atoms with E-state index in [2.05, 4.69) is 31.0 Å². The van der Waals surface area contributed by atoms with Crippen molar-refractivity contribution < 1.29 is 0 Å². The van der Waals surface area contributed by atoms with Crippen molar-refractivity contribution in [2.75, 3.05) is 0 Å². The Morgan fingerprint density at radius 2 is 2.00 bits per heavy atom. The van der Waals surface area contributed by atoms with E-state index >= 15 is 0 Å². The highest BCUT2D eigenvalue weighted by molar-refractivity contribution is 5.77. The van der Waals surface area contributed by atoms with E-state index in [1.807, 2.05) is 0 Å². The number of nitrogens with two attached hydrogens (primary N) is 1. The molecule has 0 saturated heterocycles. The van der Waals surface area contributed by atoms with Crippen LogP contribution in [0.15, 0.2) is 12.1 Å². The molecule has 1 aromatic carbocycles. The number of imidazole rings is 1. The molecule has 0 amide bonds. The topological polar surface area (TPSA) is 54.7 Å². The first kappa shape index (κ1) is 10.8. The highest BCUT2D eigenvalue weighted by atomic mass is 14.9. The highest BCUT2D eigenvalue weighted by Crippen LogP contribution is 2.33. The van der Waals surface area contributed by atoms with Crippen LogP contribution in [0.5, 0.6) is 0 Å². The Hall–Kier alpha value is -1.35. The Morgan fingerprint density at radius 1 is 1.24 bits per heavy atom. The average Bonchev–Trinajstić information content (AvgIpc) is 2.85. The van der Waals surface area contributed by atoms with Crippen molar-refractivity contribution in [3.05, 3.63) is 29.1 Å². The molecule has 2 aromatic rings. The molecule has 2 atom stereocenters. The van der Waals surface area contributed by atoms with E-state index in [0.29, 0.717) is 5.92 Å². The smallest absolute Gasteiger partial charge is 0.111 e. The zero-order valence-electron chi connectivity index (χ0n) is 10.5. The molecule has 90 valence electrons. The number of aryl methyl sites for hydroxylation is 2. The minimum absolute atomic E-state index is 0.276. The maximum atomic E-state index is 6.13. The number of benzene rings is 1. The number of fused-ring (bicyclic) bond motifs is 1. The Kier molecular flexibility index (Phi) is 2.44. The monoisotopic (exact) mass is 229 g/mol. The Morgan fingerprint density at radius 3 is 2.71 bits per heavy atom. The molecule has 1 fully saturated rings. The fourth-order valence-electron chi connectivity index (χ4n) is 2.79. The number of aromatic nitrogens is 2. The fraction of sp³-hybridized carbons (Fsp3) is 0.500. The van der Waals surface area contributed by atoms with Crippen molar-refractivity contribution >= 4 is 11.0 Å². The second-order valence-corrected chi connectivity index (χ2v) is 5.28. The summed E-state index contributed by atoms with van der Waals surface area (Å²) in [7, 11) is 0. The lowest BCUT2D eigenvalue weighted by atomic mass is 10.0. The normalized spacial score (nSPS) is 24.6. The van der Waals surface area contributed by atoms with Crippen molar-refractivity contribution in [1.82, 2.24) is 9.97 Å². The number of nitrogens with one attached hydrogen (secondary N) is 1. The van der Waals surface area contributed by atoms with E-state index in [9.17, 15) is 0 Å². The van der Waals surface area contributed by atoms with Gasteiger partial charge in [-0.15, -0.1) is 0 Å². The van der Waals surface area contributed by atoms with Gasteiger partial charge in [-0.2, -0.15) is 0 Å². The van der Waals surface area contributed by atoms with Crippen molar-refractivity contribution in [2.45, 2.75) is 45.1 Å². The lowest BCUT2D eigenvalue weighted by Gasteiger charge is -2.11. The van der Waals surface area contributed by atoms with Gasteiger partial charge < -0.3 is 10.7 Å². The molecule has 0 spiro atoms. The fourth-order valence-corrected chi connectivity index (χ4v) is 2.79. The summed E-state index contributed by atoms with van der Waals surface area (Å²) >= 11 is 0. The third-order valence-corrected chi connectivity index (χ3v) is 4.04. The molecule has 1 aromatic heterocycles. The summed E-state index contributed by atoms with van der Waals surface area (Å²) in [5.74, 6) is 1.50. The molecule has 0 bridgehead atoms. The first-order valence-corrected chi connectivity index (χ1v) is 6.37. The van der Waals surface area contributed by atoms with Crippen molar-refractivity contribution in [3.63, 3.8) is 0 Å². The van der Waals surface area contributed by atoms with Gasteiger partial charge in [0, 0.05) is 12.0 Å². The van der Waals surface area contributed by atoms with Gasteiger partial charge in [0.2, 0.25) is 0 Å². The highest BCUT2D eigenvalue weighted by Gasteiger charge is 2.27. The van der Waals surface area contributed by atoms with Crippen LogP contribution in [0.2, 0.25) is 0 Å². The molecule has 3 nitrogen and oxygen atoms in total. The number of rotatable bonds is 1. The third-order valence-electron chi connectivity index (χ3n) is 4.04. The standard InChI is InChI=1S/C14H19N3/c1-8-6-12-13(7-9(8)2)17-14(16-12)10-4-3-5-11(10)15/h6-7,10-11H,3-5,15H2,1-2H3,(H,16,17). The molecule has 2 unspecified atom stereocenters. The summed E-state index contributed by atoms with van der Waals surface area (Å²) in [5.41, 5.74) is 11.0. The van der Waals surface area contributed by atoms with Crippen molar-refractivity contribution in [2.24, 2.45) is 5.73 Å². The first-order chi connectivity index (χ1) is 8.15. The molecule has 3 rings (SSSR count). The maximum Gasteiger partial charge on any atom is 0.111 e. The van der Waals surface area contributed by atoms with E-state index in [1.54, 1.807) is 0 Å². The largest absolute Gasteiger partial charge is 0.342 e. The van der Waals surface area contributed by atoms with Gasteiger partial charge in [-0.1, -0.05) is 6.42 Å². The van der Waals surface area contributed by atoms with Crippen LogP contribution in [0.4, 0.5) is 0 Å². The number of H-pyrrole nitrogens is 1. The van der Waals surface area contributed by atoms with Crippen molar-refractivity contribution in [1.29, 1.82) is 0 Å². The van der Waals surface area contributed by atoms with Crippen LogP contribution in [-0.2, 0) is 0 Å². The van der Waals surface area contributed by atoms with Crippen LogP contribution in [-0.4, -0.2) is 16.0 Å². The first-order valence-electron chi connectivity index (χ1n) is 6.37. The Balaban J connectivity index is 2.07. The van der Waals surface area contributed by atoms with Gasteiger partial charge in [0.05, 0.1) is 11.0 Å². The van der Waals surface area contributed by atoms with E-state index in [0.717, 1.165) is 23.3 Å².